The second-order valence-corrected chi connectivity index (χ2v) is 15.6. The van der Waals surface area contributed by atoms with E-state index in [2.05, 4.69) is 0 Å². The van der Waals surface area contributed by atoms with Crippen LogP contribution in [0.15, 0.2) is 182 Å². The van der Waals surface area contributed by atoms with Gasteiger partial charge in [0.25, 0.3) is 0 Å². The Morgan fingerprint density at radius 1 is 0.387 bits per heavy atom. The molecule has 368 valence electrons. The van der Waals surface area contributed by atoms with Crippen LogP contribution in [0, 0.1) is 34.0 Å². The summed E-state index contributed by atoms with van der Waals surface area (Å²) in [6, 6.07) is 53.0. The molecule has 17 nitrogen and oxygen atoms in total. The molecular weight excluding hydrogens is 963 g/mol. The molecule has 0 heterocycles. The van der Waals surface area contributed by atoms with Crippen molar-refractivity contribution < 1.29 is 66.9 Å². The number of ether oxygens (including phenoxy) is 9. The van der Waals surface area contributed by atoms with E-state index in [1.165, 1.54) is 91.0 Å². The number of carbonyl (C=O) groups is 4. The van der Waals surface area contributed by atoms with E-state index in [0.29, 0.717) is 11.1 Å². The van der Waals surface area contributed by atoms with Crippen LogP contribution in [0.2, 0.25) is 0 Å². The molecule has 0 fully saturated rings. The first-order chi connectivity index (χ1) is 36.6. The van der Waals surface area contributed by atoms with Crippen LogP contribution < -0.4 is 28.4 Å². The van der Waals surface area contributed by atoms with Crippen LogP contribution in [0.1, 0.15) is 49.3 Å². The van der Waals surface area contributed by atoms with Gasteiger partial charge in [0, 0.05) is 5.56 Å². The van der Waals surface area contributed by atoms with Crippen LogP contribution in [0.25, 0.3) is 0 Å². The molecule has 75 heavy (non-hydrogen) atoms. The summed E-state index contributed by atoms with van der Waals surface area (Å²) >= 11 is 0. The molecule has 0 radical (unpaired) electrons. The summed E-state index contributed by atoms with van der Waals surface area (Å²) in [6.07, 6.45) is -3.29. The number of aromatic hydroxyl groups is 1. The summed E-state index contributed by atoms with van der Waals surface area (Å²) in [5.41, 5.74) is 1.10. The van der Waals surface area contributed by atoms with Crippen molar-refractivity contribution in [2.45, 2.75) is 19.8 Å². The van der Waals surface area contributed by atoms with Crippen LogP contribution in [0.5, 0.6) is 57.5 Å². The zero-order chi connectivity index (χ0) is 52.5. The molecule has 8 rings (SSSR count). The van der Waals surface area contributed by atoms with E-state index < -0.39 is 35.7 Å². The lowest BCUT2D eigenvalue weighted by molar-refractivity contribution is 0.0916. The Morgan fingerprint density at radius 3 is 1.16 bits per heavy atom. The van der Waals surface area contributed by atoms with Gasteiger partial charge in [0.1, 0.15) is 77.7 Å². The first-order valence-electron chi connectivity index (χ1n) is 22.4. The molecule has 8 aromatic carbocycles. The fourth-order valence-electron chi connectivity index (χ4n) is 6.98. The molecule has 17 heteroatoms. The molecule has 0 spiro atoms. The van der Waals surface area contributed by atoms with Gasteiger partial charge in [-0.15, -0.1) is 0 Å². The summed E-state index contributed by atoms with van der Waals surface area (Å²) in [5.74, 6) is -3.26. The summed E-state index contributed by atoms with van der Waals surface area (Å²) in [7, 11) is 0. The molecule has 0 aromatic heterocycles. The summed E-state index contributed by atoms with van der Waals surface area (Å²) in [6.45, 7) is -0.301. The zero-order valence-electron chi connectivity index (χ0n) is 39.0. The lowest BCUT2D eigenvalue weighted by Crippen LogP contribution is -2.11. The smallest absolute Gasteiger partial charge is 0.504 e. The third-order valence-corrected chi connectivity index (χ3v) is 10.6. The number of phenolic OH excluding ortho intramolecular Hbond substituents is 1. The standard InChI is InChI=1S/C58H37N3O14/c59-31-43-46(19-10-22-49(43)73-56(64)67-34-37-13-4-1-5-14-37)70-41-27-25-40(26-28-41)53(62)42-29-30-52(71-47-20-11-23-50(44(47)32-60)74-57(65)68-35-38-15-6-2-7-16-38)55(54(42)63)72-48-21-12-24-51(45(48)33-61)75-58(66)69-36-39-17-8-3-9-18-39/h1-30,63H,34-36H2. The number of rotatable bonds is 17. The van der Waals surface area contributed by atoms with Crippen molar-refractivity contribution in [2.75, 3.05) is 0 Å². The largest absolute Gasteiger partial charge is 0.514 e. The van der Waals surface area contributed by atoms with Crippen molar-refractivity contribution in [1.82, 2.24) is 0 Å². The summed E-state index contributed by atoms with van der Waals surface area (Å²) in [4.78, 5) is 52.3. The lowest BCUT2D eigenvalue weighted by Gasteiger charge is -2.18. The van der Waals surface area contributed by atoms with Crippen LogP contribution >= 0.6 is 0 Å². The maximum absolute atomic E-state index is 14.2. The second kappa shape index (κ2) is 24.2. The summed E-state index contributed by atoms with van der Waals surface area (Å²) < 4.78 is 50.0. The first-order valence-corrected chi connectivity index (χ1v) is 22.4. The maximum Gasteiger partial charge on any atom is 0.514 e. The van der Waals surface area contributed by atoms with E-state index in [0.717, 1.165) is 5.56 Å². The average molecular weight is 1000 g/mol. The van der Waals surface area contributed by atoms with Crippen molar-refractivity contribution in [2.24, 2.45) is 0 Å². The molecule has 0 aliphatic carbocycles. The van der Waals surface area contributed by atoms with E-state index in [1.54, 1.807) is 84.9 Å². The third kappa shape index (κ3) is 12.8. The molecule has 1 N–H and O–H groups in total. The Balaban J connectivity index is 1.06. The first kappa shape index (κ1) is 50.3. The Bertz CT molecular complexity index is 3520. The van der Waals surface area contributed by atoms with E-state index >= 15 is 0 Å². The van der Waals surface area contributed by atoms with Gasteiger partial charge < -0.3 is 47.7 Å². The minimum absolute atomic E-state index is 0.0230. The van der Waals surface area contributed by atoms with Gasteiger partial charge >= 0.3 is 18.5 Å². The minimum atomic E-state index is -1.14. The molecule has 0 saturated heterocycles. The molecule has 0 saturated carbocycles. The van der Waals surface area contributed by atoms with E-state index in [1.807, 2.05) is 24.3 Å². The van der Waals surface area contributed by atoms with Gasteiger partial charge in [-0.05, 0) is 89.5 Å². The molecule has 8 aromatic rings. The number of hydrogen-bond acceptors (Lipinski definition) is 17. The number of nitriles is 3. The van der Waals surface area contributed by atoms with Crippen LogP contribution in [-0.2, 0) is 34.0 Å². The average Bonchev–Trinajstić information content (AvgIpc) is 3.43. The highest BCUT2D eigenvalue weighted by molar-refractivity contribution is 6.11. The quantitative estimate of drug-likeness (QED) is 0.0386. The SMILES string of the molecule is N#Cc1c(OC(=O)OCc2ccccc2)cccc1Oc1ccc(C(=O)c2ccc(Oc3cccc(OC(=O)OCc4ccccc4)c3C#N)c(Oc3cccc(OC(=O)OCc4ccccc4)c3C#N)c2O)cc1. The number of phenols is 1. The van der Waals surface area contributed by atoms with Gasteiger partial charge in [0.15, 0.2) is 34.5 Å². The van der Waals surface area contributed by atoms with Crippen molar-refractivity contribution in [1.29, 1.82) is 15.8 Å². The lowest BCUT2D eigenvalue weighted by atomic mass is 10.0. The normalized spacial score (nSPS) is 10.3. The molecule has 0 unspecified atom stereocenters. The second-order valence-electron chi connectivity index (χ2n) is 15.6. The minimum Gasteiger partial charge on any atom is -0.504 e. The highest BCUT2D eigenvalue weighted by Gasteiger charge is 2.26. The van der Waals surface area contributed by atoms with Gasteiger partial charge in [0.2, 0.25) is 5.75 Å². The Labute approximate surface area is 427 Å². The predicted molar refractivity (Wildman–Crippen MR) is 263 cm³/mol. The molecule has 0 aliphatic heterocycles. The predicted octanol–water partition coefficient (Wildman–Crippen LogP) is 12.8. The van der Waals surface area contributed by atoms with Crippen molar-refractivity contribution >= 4 is 24.2 Å². The fraction of sp³-hybridized carbons (Fsp3) is 0.0517. The Kier molecular flexibility index (Phi) is 16.2. The van der Waals surface area contributed by atoms with Gasteiger partial charge in [-0.3, -0.25) is 4.79 Å². The zero-order valence-corrected chi connectivity index (χ0v) is 39.0. The van der Waals surface area contributed by atoms with Crippen molar-refractivity contribution in [3.05, 3.63) is 226 Å². The number of ketones is 1. The number of hydrogen-bond donors (Lipinski definition) is 1. The van der Waals surface area contributed by atoms with E-state index in [4.69, 9.17) is 42.6 Å². The molecule has 0 aliphatic rings. The van der Waals surface area contributed by atoms with Gasteiger partial charge in [-0.1, -0.05) is 109 Å². The van der Waals surface area contributed by atoms with Gasteiger partial charge in [-0.25, -0.2) is 14.4 Å². The van der Waals surface area contributed by atoms with Gasteiger partial charge in [0.05, 0.1) is 5.56 Å². The molecule has 0 atom stereocenters. The monoisotopic (exact) mass is 999 g/mol. The van der Waals surface area contributed by atoms with Crippen molar-refractivity contribution in [3.63, 3.8) is 0 Å². The van der Waals surface area contributed by atoms with Crippen LogP contribution in [0.4, 0.5) is 14.4 Å². The Morgan fingerprint density at radius 2 is 0.760 bits per heavy atom. The van der Waals surface area contributed by atoms with E-state index in [-0.39, 0.29) is 93.6 Å². The third-order valence-electron chi connectivity index (χ3n) is 10.6. The number of benzene rings is 8. The Hall–Kier alpha value is -11.1. The van der Waals surface area contributed by atoms with Crippen LogP contribution in [-0.4, -0.2) is 29.4 Å². The highest BCUT2D eigenvalue weighted by Crippen LogP contribution is 2.47. The number of nitrogens with zero attached hydrogens (tertiary/aromatic N) is 3. The van der Waals surface area contributed by atoms with Crippen LogP contribution in [0.3, 0.4) is 0 Å². The van der Waals surface area contributed by atoms with Crippen molar-refractivity contribution in [3.8, 4) is 75.7 Å². The summed E-state index contributed by atoms with van der Waals surface area (Å²) in [5, 5.41) is 42.6. The molecule has 0 bridgehead atoms. The fourth-order valence-corrected chi connectivity index (χ4v) is 6.98. The molecular formula is C58H37N3O14. The highest BCUT2D eigenvalue weighted by atomic mass is 16.7. The molecule has 0 amide bonds. The topological polar surface area (TPSA) is 243 Å². The van der Waals surface area contributed by atoms with Gasteiger partial charge in [-0.2, -0.15) is 15.8 Å². The van der Waals surface area contributed by atoms with E-state index in [9.17, 15) is 40.1 Å². The number of carbonyl (C=O) groups excluding carboxylic acids is 4. The maximum atomic E-state index is 14.2.